The summed E-state index contributed by atoms with van der Waals surface area (Å²) in [5.41, 5.74) is 12.2. The zero-order valence-electron chi connectivity index (χ0n) is 17.5. The molecule has 10 nitrogen and oxygen atoms in total. The fraction of sp³-hybridized carbons (Fsp3) is 0.273. The summed E-state index contributed by atoms with van der Waals surface area (Å²) in [6.07, 6.45) is 2.22. The molecular formula is C22H27N5O5. The van der Waals surface area contributed by atoms with Crippen LogP contribution in [0.1, 0.15) is 24.0 Å². The fourth-order valence-electron chi connectivity index (χ4n) is 2.65. The van der Waals surface area contributed by atoms with E-state index in [9.17, 15) is 14.7 Å². The Hall–Kier alpha value is -4.08. The molecule has 0 bridgehead atoms. The van der Waals surface area contributed by atoms with Gasteiger partial charge in [0, 0.05) is 12.6 Å². The molecule has 2 aromatic carbocycles. The molecule has 1 atom stereocenters. The van der Waals surface area contributed by atoms with Crippen LogP contribution in [0, 0.1) is 0 Å². The first-order valence-corrected chi connectivity index (χ1v) is 9.96. The lowest BCUT2D eigenvalue weighted by Gasteiger charge is -2.15. The van der Waals surface area contributed by atoms with Crippen molar-refractivity contribution in [1.82, 2.24) is 5.32 Å². The fourth-order valence-corrected chi connectivity index (χ4v) is 2.65. The van der Waals surface area contributed by atoms with Gasteiger partial charge >= 0.3 is 12.1 Å². The topological polar surface area (TPSA) is 162 Å². The highest BCUT2D eigenvalue weighted by molar-refractivity contribution is 5.79. The largest absolute Gasteiger partial charge is 0.493 e. The van der Waals surface area contributed by atoms with Gasteiger partial charge < -0.3 is 31.4 Å². The number of ether oxygens (including phenoxy) is 2. The first-order chi connectivity index (χ1) is 15.4. The van der Waals surface area contributed by atoms with Crippen molar-refractivity contribution in [2.24, 2.45) is 21.7 Å². The van der Waals surface area contributed by atoms with Crippen molar-refractivity contribution in [2.75, 3.05) is 6.61 Å². The van der Waals surface area contributed by atoms with Gasteiger partial charge in [0.15, 0.2) is 0 Å². The first kappa shape index (κ1) is 24.2. The summed E-state index contributed by atoms with van der Waals surface area (Å²) < 4.78 is 10.7. The second-order valence-corrected chi connectivity index (χ2v) is 6.74. The highest BCUT2D eigenvalue weighted by atomic mass is 16.5. The molecule has 0 heterocycles. The summed E-state index contributed by atoms with van der Waals surface area (Å²) in [5, 5.41) is 19.0. The van der Waals surface area contributed by atoms with Crippen LogP contribution in [-0.2, 0) is 22.6 Å². The molecule has 0 saturated heterocycles. The minimum Gasteiger partial charge on any atom is -0.493 e. The Kier molecular flexibility index (Phi) is 10.0. The van der Waals surface area contributed by atoms with Crippen LogP contribution < -0.4 is 21.5 Å². The number of benzene rings is 2. The van der Waals surface area contributed by atoms with Crippen molar-refractivity contribution in [1.29, 1.82) is 0 Å². The molecule has 0 saturated carbocycles. The maximum Gasteiger partial charge on any atom is 0.408 e. The average molecular weight is 441 g/mol. The van der Waals surface area contributed by atoms with E-state index in [2.05, 4.69) is 15.5 Å². The number of carbonyl (C=O) groups excluding carboxylic acids is 1. The molecule has 32 heavy (non-hydrogen) atoms. The number of nitrogens with zero attached hydrogens (tertiary/aromatic N) is 2. The van der Waals surface area contributed by atoms with Gasteiger partial charge in [0.2, 0.25) is 5.96 Å². The molecule has 0 aliphatic carbocycles. The zero-order valence-corrected chi connectivity index (χ0v) is 17.5. The van der Waals surface area contributed by atoms with Crippen molar-refractivity contribution in [3.05, 3.63) is 65.7 Å². The molecule has 6 N–H and O–H groups in total. The van der Waals surface area contributed by atoms with Gasteiger partial charge in [-0.05, 0) is 36.1 Å². The van der Waals surface area contributed by atoms with Crippen molar-refractivity contribution < 1.29 is 24.2 Å². The number of nitrogens with two attached hydrogens (primary N) is 2. The quantitative estimate of drug-likeness (QED) is 0.222. The van der Waals surface area contributed by atoms with Gasteiger partial charge in [0.05, 0.1) is 6.61 Å². The third-order valence-corrected chi connectivity index (χ3v) is 4.19. The van der Waals surface area contributed by atoms with E-state index in [0.29, 0.717) is 18.6 Å². The summed E-state index contributed by atoms with van der Waals surface area (Å²) in [7, 11) is 0. The van der Waals surface area contributed by atoms with E-state index >= 15 is 0 Å². The summed E-state index contributed by atoms with van der Waals surface area (Å²) in [6.45, 7) is 0.157. The number of guanidine groups is 1. The standard InChI is InChI=1S/C22H27N5O5/c23-21(24)27-25-12-5-9-16-8-4-10-18(14-16)31-13-11-19(20(28)29)26-22(30)32-15-17-6-2-1-3-7-17/h1-4,6-8,10,12,14,19H,5,9,11,13,15H2,(H,26,30)(H,28,29)(H4,23,24,27). The molecule has 0 fully saturated rings. The van der Waals surface area contributed by atoms with Gasteiger partial charge in [-0.1, -0.05) is 42.5 Å². The van der Waals surface area contributed by atoms with Crippen LogP contribution in [0.5, 0.6) is 5.75 Å². The monoisotopic (exact) mass is 441 g/mol. The van der Waals surface area contributed by atoms with E-state index in [4.69, 9.17) is 20.9 Å². The summed E-state index contributed by atoms with van der Waals surface area (Å²) in [4.78, 5) is 23.4. The smallest absolute Gasteiger partial charge is 0.408 e. The van der Waals surface area contributed by atoms with E-state index in [0.717, 1.165) is 11.1 Å². The molecule has 170 valence electrons. The summed E-state index contributed by atoms with van der Waals surface area (Å²) >= 11 is 0. The van der Waals surface area contributed by atoms with E-state index < -0.39 is 18.1 Å². The van der Waals surface area contributed by atoms with Gasteiger partial charge in [-0.25, -0.2) is 9.59 Å². The second-order valence-electron chi connectivity index (χ2n) is 6.74. The Morgan fingerprint density at radius 2 is 1.84 bits per heavy atom. The number of rotatable bonds is 12. The first-order valence-electron chi connectivity index (χ1n) is 9.96. The predicted octanol–water partition coefficient (Wildman–Crippen LogP) is 2.03. The Labute approximate surface area is 185 Å². The van der Waals surface area contributed by atoms with Gasteiger partial charge in [0.25, 0.3) is 0 Å². The number of hydrogen-bond donors (Lipinski definition) is 4. The van der Waals surface area contributed by atoms with Gasteiger partial charge in [-0.2, -0.15) is 5.10 Å². The second kappa shape index (κ2) is 13.3. The Morgan fingerprint density at radius 3 is 2.56 bits per heavy atom. The molecule has 1 amide bonds. The predicted molar refractivity (Wildman–Crippen MR) is 120 cm³/mol. The van der Waals surface area contributed by atoms with Crippen LogP contribution in [0.25, 0.3) is 0 Å². The van der Waals surface area contributed by atoms with Gasteiger partial charge in [-0.15, -0.1) is 5.10 Å². The normalized spacial score (nSPS) is 11.5. The Balaban J connectivity index is 1.76. The van der Waals surface area contributed by atoms with Gasteiger partial charge in [-0.3, -0.25) is 0 Å². The summed E-state index contributed by atoms with van der Waals surface area (Å²) in [5.74, 6) is -0.672. The molecule has 0 radical (unpaired) electrons. The lowest BCUT2D eigenvalue weighted by molar-refractivity contribution is -0.139. The van der Waals surface area contributed by atoms with E-state index in [-0.39, 0.29) is 25.6 Å². The van der Waals surface area contributed by atoms with E-state index in [1.54, 1.807) is 24.4 Å². The van der Waals surface area contributed by atoms with Gasteiger partial charge in [0.1, 0.15) is 18.4 Å². The maximum absolute atomic E-state index is 11.9. The molecule has 0 aliphatic rings. The van der Waals surface area contributed by atoms with Crippen molar-refractivity contribution in [3.8, 4) is 5.75 Å². The number of alkyl carbamates (subject to hydrolysis) is 1. The van der Waals surface area contributed by atoms with Crippen LogP contribution in [0.3, 0.4) is 0 Å². The molecule has 0 aromatic heterocycles. The highest BCUT2D eigenvalue weighted by Crippen LogP contribution is 2.15. The molecule has 10 heteroatoms. The third kappa shape index (κ3) is 9.61. The van der Waals surface area contributed by atoms with Crippen molar-refractivity contribution in [3.63, 3.8) is 0 Å². The summed E-state index contributed by atoms with van der Waals surface area (Å²) in [6, 6.07) is 15.4. The number of amides is 1. The number of aryl methyl sites for hydroxylation is 1. The zero-order chi connectivity index (χ0) is 23.2. The third-order valence-electron chi connectivity index (χ3n) is 4.19. The van der Waals surface area contributed by atoms with Crippen LogP contribution in [0.4, 0.5) is 4.79 Å². The lowest BCUT2D eigenvalue weighted by Crippen LogP contribution is -2.42. The number of carboxylic acid groups (broad SMARTS) is 1. The van der Waals surface area contributed by atoms with Crippen molar-refractivity contribution >= 4 is 24.2 Å². The molecular weight excluding hydrogens is 414 g/mol. The number of aliphatic carboxylic acids is 1. The molecule has 2 rings (SSSR count). The van der Waals surface area contributed by atoms with Crippen molar-refractivity contribution in [2.45, 2.75) is 31.9 Å². The van der Waals surface area contributed by atoms with Crippen LogP contribution in [0.2, 0.25) is 0 Å². The highest BCUT2D eigenvalue weighted by Gasteiger charge is 2.20. The number of hydrogen-bond acceptors (Lipinski definition) is 6. The minimum absolute atomic E-state index is 0.0545. The number of nitrogens with one attached hydrogen (secondary N) is 1. The van der Waals surface area contributed by atoms with Crippen LogP contribution >= 0.6 is 0 Å². The maximum atomic E-state index is 11.9. The Morgan fingerprint density at radius 1 is 1.09 bits per heavy atom. The average Bonchev–Trinajstić information content (AvgIpc) is 2.77. The molecule has 2 aromatic rings. The molecule has 0 spiro atoms. The Bertz CT molecular complexity index is 929. The van der Waals surface area contributed by atoms with Crippen LogP contribution in [0.15, 0.2) is 64.8 Å². The van der Waals surface area contributed by atoms with E-state index in [1.165, 1.54) is 0 Å². The lowest BCUT2D eigenvalue weighted by atomic mass is 10.1. The molecule has 1 unspecified atom stereocenters. The number of carbonyl (C=O) groups is 2. The molecule has 0 aliphatic heterocycles. The minimum atomic E-state index is -1.17. The number of carboxylic acids is 1. The van der Waals surface area contributed by atoms with E-state index in [1.807, 2.05) is 36.4 Å². The van der Waals surface area contributed by atoms with Crippen LogP contribution in [-0.4, -0.2) is 42.0 Å². The SMILES string of the molecule is NC(N)=NN=CCCc1cccc(OCCC(NC(=O)OCc2ccccc2)C(=O)O)c1.